The van der Waals surface area contributed by atoms with E-state index in [4.69, 9.17) is 0 Å². The number of aromatic amines is 4. The van der Waals surface area contributed by atoms with Crippen molar-refractivity contribution in [3.05, 3.63) is 192 Å². The monoisotopic (exact) mass is 1420 g/mol. The summed E-state index contributed by atoms with van der Waals surface area (Å²) in [6, 6.07) is 0. The van der Waals surface area contributed by atoms with Gasteiger partial charge in [-0.05, 0) is 31.9 Å². The molecule has 0 saturated heterocycles. The molecule has 0 unspecified atom stereocenters. The molecule has 0 amide bonds. The summed E-state index contributed by atoms with van der Waals surface area (Å²) >= 11 is 25.4. The van der Waals surface area contributed by atoms with E-state index in [0.717, 1.165) is 0 Å². The van der Waals surface area contributed by atoms with Gasteiger partial charge in [-0.1, -0.05) is 0 Å². The van der Waals surface area contributed by atoms with Crippen molar-refractivity contribution in [2.75, 3.05) is 0 Å². The lowest BCUT2D eigenvalue weighted by Crippen LogP contribution is -2.18. The van der Waals surface area contributed by atoms with E-state index in [0.29, 0.717) is 0 Å². The first-order valence-corrected chi connectivity index (χ1v) is 22.7. The lowest BCUT2D eigenvalue weighted by Gasteiger charge is -2.15. The summed E-state index contributed by atoms with van der Waals surface area (Å²) < 4.78 is 228. The Bertz CT molecular complexity index is 2950. The van der Waals surface area contributed by atoms with Crippen LogP contribution in [-0.2, 0) is 0 Å². The number of hydrogen-bond acceptors (Lipinski definition) is 0. The molecule has 1 aliphatic rings. The van der Waals surface area contributed by atoms with E-state index in [-0.39, 0.29) is 29.3 Å². The van der Waals surface area contributed by atoms with Gasteiger partial charge in [0.05, 0.1) is 20.3 Å². The van der Waals surface area contributed by atoms with Crippen molar-refractivity contribution in [2.45, 2.75) is 0 Å². The van der Waals surface area contributed by atoms with E-state index >= 15 is 52.7 Å². The predicted octanol–water partition coefficient (Wildman–Crippen LogP) is 16.2. The molecule has 0 radical (unpaired) electrons. The van der Waals surface area contributed by atoms with Gasteiger partial charge >= 0.3 is 0 Å². The third-order valence-electron chi connectivity index (χ3n) is 9.66. The van der Waals surface area contributed by atoms with Crippen LogP contribution in [0.5, 0.6) is 0 Å². The van der Waals surface area contributed by atoms with Crippen molar-refractivity contribution in [3.8, 4) is 11.4 Å². The fourth-order valence-corrected chi connectivity index (χ4v) is 10.8. The molecule has 3 aromatic carbocycles. The maximum absolute atomic E-state index is 16.2. The highest BCUT2D eigenvalue weighted by Gasteiger charge is 2.51. The SMILES string of the molecule is Fc1c(F)c(F)c([C+]2c3[nH]c(c(Br)c3Br)-c3[nH]c(c(Br)c3Br)[C+](c3c(F)c(F)c(F)c(F)c3F)c3[nH]c(c(Br)c3Br)[C+](c3c(F)c(F)c(F)c(F)c3F)c3[nH]c2c(Br)c3Br)c(F)c1F. The number of fused-ring (bicyclic) bond motifs is 9. The summed E-state index contributed by atoms with van der Waals surface area (Å²) in [4.78, 5) is 10.5. The summed E-state index contributed by atoms with van der Waals surface area (Å²) in [5.41, 5.74) is -9.75. The molecule has 8 rings (SSSR count). The number of rotatable bonds is 3. The molecule has 330 valence electrons. The molecule has 7 aromatic rings. The zero-order chi connectivity index (χ0) is 47.2. The molecule has 0 atom stereocenters. The van der Waals surface area contributed by atoms with Gasteiger partial charge in [-0.25, -0.2) is 0 Å². The highest BCUT2D eigenvalue weighted by atomic mass is 79.9. The number of halogens is 23. The molecule has 1 aliphatic heterocycles. The van der Waals surface area contributed by atoms with Crippen LogP contribution < -0.4 is 0 Å². The molecule has 64 heavy (non-hydrogen) atoms. The van der Waals surface area contributed by atoms with Crippen molar-refractivity contribution < 1.29 is 65.9 Å². The fourth-order valence-electron chi connectivity index (χ4n) is 6.79. The molecule has 4 nitrogen and oxygen atoms in total. The minimum atomic E-state index is -2.64. The summed E-state index contributed by atoms with van der Waals surface area (Å²) in [5.74, 6) is -40.5. The molecule has 4 N–H and O–H groups in total. The van der Waals surface area contributed by atoms with Crippen LogP contribution in [0.25, 0.3) is 11.4 Å². The number of aromatic nitrogens is 4. The van der Waals surface area contributed by atoms with Crippen LogP contribution in [0.2, 0.25) is 0 Å². The van der Waals surface area contributed by atoms with E-state index in [2.05, 4.69) is 147 Å². The average molecular weight is 1430 g/mol. The van der Waals surface area contributed by atoms with Gasteiger partial charge in [0.2, 0.25) is 87.3 Å². The third kappa shape index (κ3) is 6.68. The highest BCUT2D eigenvalue weighted by Crippen LogP contribution is 2.55. The predicted molar refractivity (Wildman–Crippen MR) is 224 cm³/mol. The fraction of sp³-hybridized carbons (Fsp3) is 0. The van der Waals surface area contributed by atoms with Crippen LogP contribution in [0.4, 0.5) is 65.9 Å². The summed E-state index contributed by atoms with van der Waals surface area (Å²) in [6.45, 7) is 0. The number of nitrogens with one attached hydrogen (secondary N) is 4. The van der Waals surface area contributed by atoms with Crippen molar-refractivity contribution >= 4 is 127 Å². The van der Waals surface area contributed by atoms with Crippen LogP contribution >= 0.6 is 127 Å². The first-order valence-electron chi connectivity index (χ1n) is 16.3. The van der Waals surface area contributed by atoms with Crippen LogP contribution in [0, 0.1) is 105 Å². The molecular weight excluding hydrogens is 1420 g/mol. The second-order valence-corrected chi connectivity index (χ2v) is 19.3. The minimum absolute atomic E-state index is 0.142. The van der Waals surface area contributed by atoms with Gasteiger partial charge in [-0.2, -0.15) is 65.9 Å². The van der Waals surface area contributed by atoms with E-state index in [1.165, 1.54) is 0 Å². The smallest absolute Gasteiger partial charge is 0.239 e. The Labute approximate surface area is 412 Å². The zero-order valence-corrected chi connectivity index (χ0v) is 41.9. The van der Waals surface area contributed by atoms with Gasteiger partial charge < -0.3 is 19.9 Å². The molecule has 0 fully saturated rings. The van der Waals surface area contributed by atoms with Gasteiger partial charge in [0.25, 0.3) is 0 Å². The van der Waals surface area contributed by atoms with E-state index in [9.17, 15) is 13.2 Å². The van der Waals surface area contributed by atoms with Crippen LogP contribution in [0.15, 0.2) is 35.8 Å². The maximum Gasteiger partial charge on any atom is 0.239 e. The molecular formula is C37H4Br8F15N4+3. The Morgan fingerprint density at radius 1 is 0.219 bits per heavy atom. The third-order valence-corrected chi connectivity index (χ3v) is 18.1. The van der Waals surface area contributed by atoms with Gasteiger partial charge in [-0.3, -0.25) is 0 Å². The average Bonchev–Trinajstić information content (AvgIpc) is 3.93. The molecule has 0 spiro atoms. The van der Waals surface area contributed by atoms with Crippen molar-refractivity contribution in [1.82, 2.24) is 19.9 Å². The molecule has 0 saturated carbocycles. The second kappa shape index (κ2) is 16.7. The van der Waals surface area contributed by atoms with E-state index < -0.39 is 174 Å². The molecule has 4 aromatic heterocycles. The zero-order valence-electron chi connectivity index (χ0n) is 29.2. The van der Waals surface area contributed by atoms with Gasteiger partial charge in [-0.15, -0.1) is 0 Å². The maximum atomic E-state index is 16.2. The van der Waals surface area contributed by atoms with E-state index in [1.807, 2.05) is 0 Å². The first kappa shape index (κ1) is 47.7. The Hall–Kier alpha value is -2.82. The van der Waals surface area contributed by atoms with Crippen molar-refractivity contribution in [1.29, 1.82) is 0 Å². The minimum Gasteiger partial charge on any atom is -0.338 e. The summed E-state index contributed by atoms with van der Waals surface area (Å²) in [6.07, 6.45) is 0. The molecule has 27 heteroatoms. The standard InChI is InChI=1S/C37H4Br8F15N4/c38-7-9(40)32-5(2-17(48)23(54)28(59)24(55)18(2)49)34-11(42)13(44)36(63-34)37-14(45)12(43)35(64-37)6(3-19(50)25(56)29(60)26(57)20(3)51)33-10(41)8(39)31(62-33)4(30(7)61-32)1-15(46)21(52)27(58)22(53)16(1)47/h61-64H/q+3. The first-order chi connectivity index (χ1) is 29.9. The van der Waals surface area contributed by atoms with Crippen LogP contribution in [-0.4, -0.2) is 19.9 Å². The Kier molecular flexibility index (Phi) is 12.5. The number of H-pyrrole nitrogens is 4. The normalized spacial score (nSPS) is 12.8. The van der Waals surface area contributed by atoms with E-state index in [1.54, 1.807) is 0 Å². The quantitative estimate of drug-likeness (QED) is 0.0590. The molecule has 8 bridgehead atoms. The Morgan fingerprint density at radius 3 is 0.578 bits per heavy atom. The Morgan fingerprint density at radius 2 is 0.375 bits per heavy atom. The number of hydrogen-bond donors (Lipinski definition) is 4. The van der Waals surface area contributed by atoms with Crippen LogP contribution in [0.3, 0.4) is 0 Å². The van der Waals surface area contributed by atoms with Gasteiger partial charge in [0.1, 0.15) is 78.8 Å². The van der Waals surface area contributed by atoms with Gasteiger partial charge in [0.15, 0.2) is 16.7 Å². The second-order valence-electron chi connectivity index (χ2n) is 13.0. The van der Waals surface area contributed by atoms with Crippen LogP contribution in [0.1, 0.15) is 50.9 Å². The van der Waals surface area contributed by atoms with Crippen molar-refractivity contribution in [2.24, 2.45) is 0 Å². The lowest BCUT2D eigenvalue weighted by molar-refractivity contribution is 0.373. The highest BCUT2D eigenvalue weighted by molar-refractivity contribution is 9.14. The number of benzene rings is 3. The molecule has 0 aliphatic carbocycles. The van der Waals surface area contributed by atoms with Gasteiger partial charge in [0, 0.05) is 95.6 Å². The topological polar surface area (TPSA) is 63.2 Å². The summed E-state index contributed by atoms with van der Waals surface area (Å²) in [7, 11) is 0. The summed E-state index contributed by atoms with van der Waals surface area (Å²) in [5, 5.41) is 0. The largest absolute Gasteiger partial charge is 0.338 e. The van der Waals surface area contributed by atoms with Crippen molar-refractivity contribution in [3.63, 3.8) is 0 Å². The lowest BCUT2D eigenvalue weighted by atomic mass is 9.91. The molecule has 5 heterocycles. The Balaban J connectivity index is 1.63.